The lowest BCUT2D eigenvalue weighted by atomic mass is 9.83. The van der Waals surface area contributed by atoms with Crippen LogP contribution in [0.25, 0.3) is 0 Å². The predicted molar refractivity (Wildman–Crippen MR) is 51.2 cm³/mol. The van der Waals surface area contributed by atoms with Gasteiger partial charge >= 0.3 is 0 Å². The topological polar surface area (TPSA) is 12.0 Å². The molecular formula is C11H15N. The number of aryl methyl sites for hydroxylation is 1. The van der Waals surface area contributed by atoms with Crippen LogP contribution in [-0.2, 0) is 5.54 Å². The second kappa shape index (κ2) is 2.60. The molecule has 1 N–H and O–H groups in total. The maximum absolute atomic E-state index is 3.46. The van der Waals surface area contributed by atoms with E-state index in [-0.39, 0.29) is 5.54 Å². The second-order valence-corrected chi connectivity index (χ2v) is 3.87. The molecule has 64 valence electrons. The van der Waals surface area contributed by atoms with Crippen molar-refractivity contribution in [3.8, 4) is 0 Å². The molecule has 1 heteroatoms. The zero-order chi connectivity index (χ0) is 8.60. The number of benzene rings is 1. The van der Waals surface area contributed by atoms with E-state index in [2.05, 4.69) is 43.4 Å². The van der Waals surface area contributed by atoms with E-state index in [4.69, 9.17) is 0 Å². The zero-order valence-electron chi connectivity index (χ0n) is 7.72. The lowest BCUT2D eigenvalue weighted by Gasteiger charge is -2.40. The van der Waals surface area contributed by atoms with Gasteiger partial charge < -0.3 is 5.32 Å². The molecule has 1 atom stereocenters. The summed E-state index contributed by atoms with van der Waals surface area (Å²) < 4.78 is 0. The fourth-order valence-corrected chi connectivity index (χ4v) is 1.67. The Morgan fingerprint density at radius 1 is 1.25 bits per heavy atom. The van der Waals surface area contributed by atoms with Crippen molar-refractivity contribution in [1.82, 2.24) is 5.32 Å². The highest BCUT2D eigenvalue weighted by Crippen LogP contribution is 2.30. The minimum absolute atomic E-state index is 0.258. The highest BCUT2D eigenvalue weighted by atomic mass is 15.0. The highest BCUT2D eigenvalue weighted by Gasteiger charge is 2.32. The highest BCUT2D eigenvalue weighted by molar-refractivity contribution is 5.29. The summed E-state index contributed by atoms with van der Waals surface area (Å²) in [4.78, 5) is 0. The Bertz CT molecular complexity index is 270. The quantitative estimate of drug-likeness (QED) is 0.666. The van der Waals surface area contributed by atoms with Crippen LogP contribution in [0, 0.1) is 6.92 Å². The van der Waals surface area contributed by atoms with Gasteiger partial charge in [0.05, 0.1) is 0 Å². The molecule has 0 bridgehead atoms. The van der Waals surface area contributed by atoms with E-state index in [1.165, 1.54) is 17.5 Å². The van der Waals surface area contributed by atoms with Crippen LogP contribution in [0.1, 0.15) is 24.5 Å². The molecule has 0 radical (unpaired) electrons. The first-order chi connectivity index (χ1) is 5.71. The van der Waals surface area contributed by atoms with Crippen molar-refractivity contribution >= 4 is 0 Å². The Balaban J connectivity index is 2.28. The summed E-state index contributed by atoms with van der Waals surface area (Å²) in [5.74, 6) is 0. The molecule has 0 saturated carbocycles. The normalized spacial score (nSPS) is 28.2. The minimum atomic E-state index is 0.258. The Kier molecular flexibility index (Phi) is 1.69. The summed E-state index contributed by atoms with van der Waals surface area (Å²) in [6.45, 7) is 5.55. The summed E-state index contributed by atoms with van der Waals surface area (Å²) in [6, 6.07) is 8.81. The monoisotopic (exact) mass is 161 g/mol. The maximum Gasteiger partial charge on any atom is 0.0418 e. The summed E-state index contributed by atoms with van der Waals surface area (Å²) in [6.07, 6.45) is 1.26. The van der Waals surface area contributed by atoms with Gasteiger partial charge in [0.2, 0.25) is 0 Å². The maximum atomic E-state index is 3.46. The van der Waals surface area contributed by atoms with E-state index in [0.717, 1.165) is 6.54 Å². The summed E-state index contributed by atoms with van der Waals surface area (Å²) >= 11 is 0. The van der Waals surface area contributed by atoms with E-state index < -0.39 is 0 Å². The molecule has 12 heavy (non-hydrogen) atoms. The standard InChI is InChI=1S/C11H15N/c1-9-3-5-10(6-4-9)11(2)7-8-12-11/h3-6,12H,7-8H2,1-2H3. The van der Waals surface area contributed by atoms with Crippen molar-refractivity contribution in [2.75, 3.05) is 6.54 Å². The fourth-order valence-electron chi connectivity index (χ4n) is 1.67. The molecule has 1 aliphatic rings. The molecule has 1 aromatic carbocycles. The van der Waals surface area contributed by atoms with Crippen molar-refractivity contribution < 1.29 is 0 Å². The zero-order valence-corrected chi connectivity index (χ0v) is 7.72. The first kappa shape index (κ1) is 7.81. The molecule has 0 aromatic heterocycles. The molecule has 1 aromatic rings. The second-order valence-electron chi connectivity index (χ2n) is 3.87. The van der Waals surface area contributed by atoms with Crippen LogP contribution in [0.2, 0.25) is 0 Å². The van der Waals surface area contributed by atoms with E-state index in [0.29, 0.717) is 0 Å². The van der Waals surface area contributed by atoms with Crippen molar-refractivity contribution in [2.24, 2.45) is 0 Å². The molecule has 1 fully saturated rings. The van der Waals surface area contributed by atoms with Crippen LogP contribution < -0.4 is 5.32 Å². The molecular weight excluding hydrogens is 146 g/mol. The first-order valence-electron chi connectivity index (χ1n) is 4.53. The predicted octanol–water partition coefficient (Wildman–Crippen LogP) is 2.20. The van der Waals surface area contributed by atoms with Gasteiger partial charge in [0.25, 0.3) is 0 Å². The molecule has 1 unspecified atom stereocenters. The third-order valence-corrected chi connectivity index (χ3v) is 2.83. The Labute approximate surface area is 73.8 Å². The van der Waals surface area contributed by atoms with E-state index >= 15 is 0 Å². The van der Waals surface area contributed by atoms with Gasteiger partial charge in [0, 0.05) is 5.54 Å². The Hall–Kier alpha value is -0.820. The molecule has 2 rings (SSSR count). The third-order valence-electron chi connectivity index (χ3n) is 2.83. The smallest absolute Gasteiger partial charge is 0.0418 e. The fraction of sp³-hybridized carbons (Fsp3) is 0.455. The van der Waals surface area contributed by atoms with E-state index in [1.807, 2.05) is 0 Å². The van der Waals surface area contributed by atoms with E-state index in [9.17, 15) is 0 Å². The number of rotatable bonds is 1. The van der Waals surface area contributed by atoms with Crippen LogP contribution >= 0.6 is 0 Å². The van der Waals surface area contributed by atoms with Gasteiger partial charge in [-0.3, -0.25) is 0 Å². The number of hydrogen-bond donors (Lipinski definition) is 1. The number of nitrogens with one attached hydrogen (secondary N) is 1. The van der Waals surface area contributed by atoms with Crippen LogP contribution in [0.15, 0.2) is 24.3 Å². The SMILES string of the molecule is Cc1ccc(C2(C)CCN2)cc1. The molecule has 1 heterocycles. The summed E-state index contributed by atoms with van der Waals surface area (Å²) in [5, 5.41) is 3.46. The van der Waals surface area contributed by atoms with Gasteiger partial charge in [-0.15, -0.1) is 0 Å². The summed E-state index contributed by atoms with van der Waals surface area (Å²) in [5.41, 5.74) is 3.01. The molecule has 1 aliphatic heterocycles. The molecule has 0 spiro atoms. The van der Waals surface area contributed by atoms with Crippen LogP contribution in [0.5, 0.6) is 0 Å². The van der Waals surface area contributed by atoms with Gasteiger partial charge in [0.1, 0.15) is 0 Å². The first-order valence-corrected chi connectivity index (χ1v) is 4.53. The average Bonchev–Trinajstić information content (AvgIpc) is 2.02. The van der Waals surface area contributed by atoms with Crippen molar-refractivity contribution in [1.29, 1.82) is 0 Å². The molecule has 1 saturated heterocycles. The Morgan fingerprint density at radius 2 is 1.83 bits per heavy atom. The molecule has 0 amide bonds. The van der Waals surface area contributed by atoms with Crippen LogP contribution in [0.3, 0.4) is 0 Å². The van der Waals surface area contributed by atoms with Crippen molar-refractivity contribution in [2.45, 2.75) is 25.8 Å². The summed E-state index contributed by atoms with van der Waals surface area (Å²) in [7, 11) is 0. The number of hydrogen-bond acceptors (Lipinski definition) is 1. The lowest BCUT2D eigenvalue weighted by Crippen LogP contribution is -2.51. The minimum Gasteiger partial charge on any atom is -0.307 e. The Morgan fingerprint density at radius 3 is 2.25 bits per heavy atom. The third kappa shape index (κ3) is 1.14. The van der Waals surface area contributed by atoms with Crippen LogP contribution in [0.4, 0.5) is 0 Å². The van der Waals surface area contributed by atoms with Crippen molar-refractivity contribution in [3.63, 3.8) is 0 Å². The van der Waals surface area contributed by atoms with Gasteiger partial charge in [-0.05, 0) is 32.4 Å². The van der Waals surface area contributed by atoms with Gasteiger partial charge in [-0.2, -0.15) is 0 Å². The van der Waals surface area contributed by atoms with Gasteiger partial charge in [-0.1, -0.05) is 29.8 Å². The van der Waals surface area contributed by atoms with Crippen LogP contribution in [-0.4, -0.2) is 6.54 Å². The van der Waals surface area contributed by atoms with Gasteiger partial charge in [0.15, 0.2) is 0 Å². The van der Waals surface area contributed by atoms with Gasteiger partial charge in [-0.25, -0.2) is 0 Å². The molecule has 1 nitrogen and oxygen atoms in total. The lowest BCUT2D eigenvalue weighted by molar-refractivity contribution is 0.237. The largest absolute Gasteiger partial charge is 0.307 e. The molecule has 0 aliphatic carbocycles. The van der Waals surface area contributed by atoms with E-state index in [1.54, 1.807) is 0 Å². The van der Waals surface area contributed by atoms with Crippen molar-refractivity contribution in [3.05, 3.63) is 35.4 Å². The average molecular weight is 161 g/mol.